The van der Waals surface area contributed by atoms with Gasteiger partial charge in [-0.1, -0.05) is 24.3 Å². The lowest BCUT2D eigenvalue weighted by molar-refractivity contribution is 0.122. The van der Waals surface area contributed by atoms with E-state index in [0.717, 1.165) is 12.1 Å². The lowest BCUT2D eigenvalue weighted by Gasteiger charge is -2.30. The van der Waals surface area contributed by atoms with Gasteiger partial charge >= 0.3 is 7.12 Å². The van der Waals surface area contributed by atoms with Gasteiger partial charge in [-0.25, -0.2) is 4.39 Å². The molecule has 0 atom stereocenters. The molecular weight excluding hydrogens is 364 g/mol. The Kier molecular flexibility index (Phi) is 5.30. The van der Waals surface area contributed by atoms with Crippen molar-refractivity contribution in [2.45, 2.75) is 4.90 Å². The van der Waals surface area contributed by atoms with Gasteiger partial charge in [0.25, 0.3) is 10.1 Å². The van der Waals surface area contributed by atoms with Gasteiger partial charge in [-0.3, -0.25) is 4.55 Å². The lowest BCUT2D eigenvalue weighted by Crippen LogP contribution is -2.37. The van der Waals surface area contributed by atoms with E-state index in [4.69, 9.17) is 14.8 Å². The van der Waals surface area contributed by atoms with E-state index in [9.17, 15) is 17.4 Å². The van der Waals surface area contributed by atoms with Crippen LogP contribution in [0.3, 0.4) is 0 Å². The van der Waals surface area contributed by atoms with Crippen molar-refractivity contribution in [3.8, 4) is 11.1 Å². The minimum absolute atomic E-state index is 0.120. The second-order valence-electron chi connectivity index (χ2n) is 5.84. The molecule has 0 unspecified atom stereocenters. The van der Waals surface area contributed by atoms with Crippen LogP contribution in [0.25, 0.3) is 11.1 Å². The summed E-state index contributed by atoms with van der Waals surface area (Å²) in [5, 5.41) is 18.3. The number of morpholine rings is 1. The van der Waals surface area contributed by atoms with Gasteiger partial charge in [0.1, 0.15) is 10.7 Å². The summed E-state index contributed by atoms with van der Waals surface area (Å²) in [7, 11) is -6.59. The molecule has 138 valence electrons. The second-order valence-corrected chi connectivity index (χ2v) is 7.20. The quantitative estimate of drug-likeness (QED) is 0.515. The highest BCUT2D eigenvalue weighted by atomic mass is 32.2. The van der Waals surface area contributed by atoms with E-state index < -0.39 is 23.1 Å². The summed E-state index contributed by atoms with van der Waals surface area (Å²) in [6.07, 6.45) is 0. The lowest BCUT2D eigenvalue weighted by atomic mass is 9.79. The molecule has 2 aromatic carbocycles. The first-order chi connectivity index (χ1) is 12.3. The molecule has 0 aromatic heterocycles. The minimum Gasteiger partial charge on any atom is -0.423 e. The van der Waals surface area contributed by atoms with E-state index in [0.29, 0.717) is 32.0 Å². The van der Waals surface area contributed by atoms with Crippen molar-refractivity contribution in [3.05, 3.63) is 42.2 Å². The molecule has 0 amide bonds. The number of hydrogen-bond donors (Lipinski definition) is 3. The molecule has 0 aliphatic carbocycles. The topological polar surface area (TPSA) is 107 Å². The van der Waals surface area contributed by atoms with Crippen molar-refractivity contribution in [1.82, 2.24) is 0 Å². The summed E-state index contributed by atoms with van der Waals surface area (Å²) in [6, 6.07) is 8.16. The Bertz CT molecular complexity index is 915. The van der Waals surface area contributed by atoms with Crippen LogP contribution in [-0.4, -0.2) is 56.4 Å². The highest BCUT2D eigenvalue weighted by Crippen LogP contribution is 2.35. The SMILES string of the molecule is O=S(=O)(O)c1c(-c2ccc(B(O)O)c(F)c2)cccc1N1CCOCC1. The van der Waals surface area contributed by atoms with Crippen LogP contribution in [0.15, 0.2) is 41.3 Å². The van der Waals surface area contributed by atoms with Crippen LogP contribution in [0.1, 0.15) is 0 Å². The van der Waals surface area contributed by atoms with E-state index >= 15 is 0 Å². The predicted octanol–water partition coefficient (Wildman–Crippen LogP) is 0.256. The van der Waals surface area contributed by atoms with E-state index in [2.05, 4.69) is 0 Å². The summed E-state index contributed by atoms with van der Waals surface area (Å²) in [5.41, 5.74) is 0.287. The van der Waals surface area contributed by atoms with Crippen molar-refractivity contribution in [1.29, 1.82) is 0 Å². The normalized spacial score (nSPS) is 15.2. The fourth-order valence-corrected chi connectivity index (χ4v) is 3.91. The third kappa shape index (κ3) is 3.74. The summed E-state index contributed by atoms with van der Waals surface area (Å²) < 4.78 is 53.3. The van der Waals surface area contributed by atoms with Crippen molar-refractivity contribution >= 4 is 28.4 Å². The van der Waals surface area contributed by atoms with Crippen molar-refractivity contribution in [3.63, 3.8) is 0 Å². The molecule has 0 saturated carbocycles. The first-order valence-electron chi connectivity index (χ1n) is 7.88. The number of nitrogens with zero attached hydrogens (tertiary/aromatic N) is 1. The molecule has 3 N–H and O–H groups in total. The fourth-order valence-electron chi connectivity index (χ4n) is 2.98. The summed E-state index contributed by atoms with van der Waals surface area (Å²) >= 11 is 0. The van der Waals surface area contributed by atoms with Gasteiger partial charge < -0.3 is 19.7 Å². The zero-order valence-electron chi connectivity index (χ0n) is 13.7. The number of ether oxygens (including phenoxy) is 1. The standard InChI is InChI=1S/C16H17BFNO6S/c18-14-10-11(4-5-13(14)17(20)21)12-2-1-3-15(16(12)26(22,23)24)19-6-8-25-9-7-19/h1-5,10,20-21H,6-9H2,(H,22,23,24). The van der Waals surface area contributed by atoms with Crippen LogP contribution in [0.4, 0.5) is 10.1 Å². The first kappa shape index (κ1) is 18.8. The molecule has 3 rings (SSSR count). The smallest absolute Gasteiger partial charge is 0.423 e. The third-order valence-electron chi connectivity index (χ3n) is 4.19. The molecule has 1 fully saturated rings. The second kappa shape index (κ2) is 7.33. The highest BCUT2D eigenvalue weighted by molar-refractivity contribution is 7.86. The van der Waals surface area contributed by atoms with E-state index in [1.54, 1.807) is 17.0 Å². The van der Waals surface area contributed by atoms with Crippen molar-refractivity contribution in [2.75, 3.05) is 31.2 Å². The Hall–Kier alpha value is -1.98. The van der Waals surface area contributed by atoms with Gasteiger partial charge in [-0.2, -0.15) is 8.42 Å². The number of benzene rings is 2. The molecule has 2 aromatic rings. The van der Waals surface area contributed by atoms with Crippen LogP contribution in [0.5, 0.6) is 0 Å². The molecule has 7 nitrogen and oxygen atoms in total. The summed E-state index contributed by atoms with van der Waals surface area (Å²) in [6.45, 7) is 1.76. The van der Waals surface area contributed by atoms with Gasteiger partial charge in [-0.05, 0) is 17.7 Å². The van der Waals surface area contributed by atoms with Gasteiger partial charge in [0.15, 0.2) is 0 Å². The van der Waals surface area contributed by atoms with Crippen LogP contribution in [0, 0.1) is 5.82 Å². The van der Waals surface area contributed by atoms with E-state index in [1.165, 1.54) is 12.1 Å². The molecule has 10 heteroatoms. The number of hydrogen-bond acceptors (Lipinski definition) is 6. The molecule has 26 heavy (non-hydrogen) atoms. The summed E-state index contributed by atoms with van der Waals surface area (Å²) in [4.78, 5) is 1.46. The molecule has 1 aliphatic heterocycles. The molecule has 1 heterocycles. The predicted molar refractivity (Wildman–Crippen MR) is 94.5 cm³/mol. The molecule has 1 aliphatic rings. The first-order valence-corrected chi connectivity index (χ1v) is 9.32. The Morgan fingerprint density at radius 2 is 1.81 bits per heavy atom. The summed E-state index contributed by atoms with van der Waals surface area (Å²) in [5.74, 6) is -0.893. The van der Waals surface area contributed by atoms with Crippen molar-refractivity contribution < 1.29 is 32.1 Å². The van der Waals surface area contributed by atoms with Gasteiger partial charge in [0, 0.05) is 24.1 Å². The third-order valence-corrected chi connectivity index (χ3v) is 5.14. The maximum atomic E-state index is 14.1. The number of rotatable bonds is 4. The van der Waals surface area contributed by atoms with Crippen LogP contribution >= 0.6 is 0 Å². The van der Waals surface area contributed by atoms with Gasteiger partial charge in [0.2, 0.25) is 0 Å². The van der Waals surface area contributed by atoms with Crippen molar-refractivity contribution in [2.24, 2.45) is 0 Å². The van der Waals surface area contributed by atoms with Crippen LogP contribution < -0.4 is 10.4 Å². The van der Waals surface area contributed by atoms with Crippen LogP contribution in [0.2, 0.25) is 0 Å². The highest BCUT2D eigenvalue weighted by Gasteiger charge is 2.26. The Morgan fingerprint density at radius 1 is 1.12 bits per heavy atom. The Labute approximate surface area is 150 Å². The van der Waals surface area contributed by atoms with Gasteiger partial charge in [-0.15, -0.1) is 0 Å². The average molecular weight is 381 g/mol. The van der Waals surface area contributed by atoms with E-state index in [1.807, 2.05) is 0 Å². The average Bonchev–Trinajstić information content (AvgIpc) is 2.60. The zero-order valence-corrected chi connectivity index (χ0v) is 14.5. The Balaban J connectivity index is 2.17. The maximum Gasteiger partial charge on any atom is 0.491 e. The monoisotopic (exact) mass is 381 g/mol. The molecular formula is C16H17BFNO6S. The number of halogens is 1. The number of anilines is 1. The van der Waals surface area contributed by atoms with Gasteiger partial charge in [0.05, 0.1) is 18.9 Å². The molecule has 0 radical (unpaired) electrons. The zero-order chi connectivity index (χ0) is 18.9. The largest absolute Gasteiger partial charge is 0.491 e. The Morgan fingerprint density at radius 3 is 2.38 bits per heavy atom. The minimum atomic E-state index is -4.60. The molecule has 1 saturated heterocycles. The van der Waals surface area contributed by atoms with Crippen LogP contribution in [-0.2, 0) is 14.9 Å². The fraction of sp³-hybridized carbons (Fsp3) is 0.250. The molecule has 0 bridgehead atoms. The van der Waals surface area contributed by atoms with E-state index in [-0.39, 0.29) is 21.5 Å². The maximum absolute atomic E-state index is 14.1. The molecule has 0 spiro atoms.